The van der Waals surface area contributed by atoms with Crippen LogP contribution >= 0.6 is 0 Å². The Bertz CT molecular complexity index is 532. The van der Waals surface area contributed by atoms with Crippen LogP contribution in [0.5, 0.6) is 5.75 Å². The highest BCUT2D eigenvalue weighted by molar-refractivity contribution is 5.60. The largest absolute Gasteiger partial charge is 0.508 e. The molecule has 0 fully saturated rings. The van der Waals surface area contributed by atoms with Gasteiger partial charge in [0.05, 0.1) is 11.9 Å². The molecule has 0 amide bonds. The summed E-state index contributed by atoms with van der Waals surface area (Å²) in [7, 11) is 1.69. The Morgan fingerprint density at radius 2 is 2.20 bits per heavy atom. The molecular weight excluding hydrogens is 254 g/mol. The fraction of sp³-hybridized carbons (Fsp3) is 0.333. The molecule has 0 aliphatic heterocycles. The minimum absolute atomic E-state index is 0.289. The fourth-order valence-corrected chi connectivity index (χ4v) is 1.90. The van der Waals surface area contributed by atoms with Crippen LogP contribution in [0.2, 0.25) is 0 Å². The molecule has 0 saturated carbocycles. The van der Waals surface area contributed by atoms with Gasteiger partial charge in [0.2, 0.25) is 0 Å². The highest BCUT2D eigenvalue weighted by Crippen LogP contribution is 2.24. The Morgan fingerprint density at radius 3 is 2.95 bits per heavy atom. The molecule has 2 aromatic rings. The highest BCUT2D eigenvalue weighted by Gasteiger charge is 2.05. The Hall–Kier alpha value is -1.98. The summed E-state index contributed by atoms with van der Waals surface area (Å²) < 4.78 is 4.99. The second-order valence-electron chi connectivity index (χ2n) is 4.46. The van der Waals surface area contributed by atoms with E-state index in [1.54, 1.807) is 31.8 Å². The first-order chi connectivity index (χ1) is 9.81. The molecule has 0 atom stereocenters. The zero-order valence-corrected chi connectivity index (χ0v) is 11.5. The molecule has 1 aromatic heterocycles. The van der Waals surface area contributed by atoms with Crippen LogP contribution in [0, 0.1) is 0 Å². The van der Waals surface area contributed by atoms with E-state index in [2.05, 4.69) is 15.3 Å². The third-order valence-corrected chi connectivity index (χ3v) is 2.96. The number of hydrogen-bond acceptors (Lipinski definition) is 5. The molecular formula is C15H19N3O2. The SMILES string of the molecule is COCCCNCc1cc(-c2cnccn2)ccc1O. The summed E-state index contributed by atoms with van der Waals surface area (Å²) in [6.07, 6.45) is 5.95. The lowest BCUT2D eigenvalue weighted by atomic mass is 10.1. The summed E-state index contributed by atoms with van der Waals surface area (Å²) in [4.78, 5) is 8.31. The van der Waals surface area contributed by atoms with E-state index in [0.29, 0.717) is 6.54 Å². The molecule has 2 rings (SSSR count). The number of nitrogens with zero attached hydrogens (tertiary/aromatic N) is 2. The van der Waals surface area contributed by atoms with Gasteiger partial charge in [0, 0.05) is 43.8 Å². The molecule has 0 spiro atoms. The maximum atomic E-state index is 9.88. The van der Waals surface area contributed by atoms with E-state index in [9.17, 15) is 5.11 Å². The van der Waals surface area contributed by atoms with Gasteiger partial charge >= 0.3 is 0 Å². The molecule has 0 bridgehead atoms. The summed E-state index contributed by atoms with van der Waals surface area (Å²) in [5.41, 5.74) is 2.60. The number of aromatic hydroxyl groups is 1. The Morgan fingerprint density at radius 1 is 1.30 bits per heavy atom. The molecule has 0 saturated heterocycles. The molecule has 5 nitrogen and oxygen atoms in total. The van der Waals surface area contributed by atoms with E-state index in [-0.39, 0.29) is 5.75 Å². The van der Waals surface area contributed by atoms with Crippen molar-refractivity contribution < 1.29 is 9.84 Å². The van der Waals surface area contributed by atoms with Crippen molar-refractivity contribution in [1.82, 2.24) is 15.3 Å². The Balaban J connectivity index is 2.02. The molecule has 1 aromatic carbocycles. The van der Waals surface area contributed by atoms with Crippen molar-refractivity contribution in [2.75, 3.05) is 20.3 Å². The van der Waals surface area contributed by atoms with Gasteiger partial charge in [-0.05, 0) is 31.2 Å². The van der Waals surface area contributed by atoms with Crippen LogP contribution in [0.25, 0.3) is 11.3 Å². The van der Waals surface area contributed by atoms with E-state index in [4.69, 9.17) is 4.74 Å². The number of phenolic OH excluding ortho intramolecular Hbond substituents is 1. The van der Waals surface area contributed by atoms with Crippen LogP contribution in [-0.2, 0) is 11.3 Å². The second kappa shape index (κ2) is 7.57. The molecule has 0 aliphatic rings. The van der Waals surface area contributed by atoms with Crippen molar-refractivity contribution in [3.63, 3.8) is 0 Å². The number of nitrogens with one attached hydrogen (secondary N) is 1. The third kappa shape index (κ3) is 4.01. The van der Waals surface area contributed by atoms with Crippen LogP contribution in [0.4, 0.5) is 0 Å². The summed E-state index contributed by atoms with van der Waals surface area (Å²) in [5, 5.41) is 13.2. The first kappa shape index (κ1) is 14.4. The number of methoxy groups -OCH3 is 1. The van der Waals surface area contributed by atoms with Gasteiger partial charge in [-0.25, -0.2) is 0 Å². The first-order valence-electron chi connectivity index (χ1n) is 6.59. The number of phenols is 1. The van der Waals surface area contributed by atoms with Gasteiger partial charge in [0.25, 0.3) is 0 Å². The van der Waals surface area contributed by atoms with Crippen molar-refractivity contribution in [3.8, 4) is 17.0 Å². The standard InChI is InChI=1S/C15H19N3O2/c1-20-8-2-5-16-10-13-9-12(3-4-15(13)19)14-11-17-6-7-18-14/h3-4,6-7,9,11,16,19H,2,5,8,10H2,1H3. The minimum Gasteiger partial charge on any atom is -0.508 e. The number of ether oxygens (including phenoxy) is 1. The maximum absolute atomic E-state index is 9.88. The molecule has 0 radical (unpaired) electrons. The summed E-state index contributed by atoms with van der Waals surface area (Å²) in [6, 6.07) is 5.46. The van der Waals surface area contributed by atoms with Gasteiger partial charge in [0.15, 0.2) is 0 Å². The number of benzene rings is 1. The topological polar surface area (TPSA) is 67.3 Å². The normalized spacial score (nSPS) is 10.7. The van der Waals surface area contributed by atoms with Crippen LogP contribution in [0.1, 0.15) is 12.0 Å². The van der Waals surface area contributed by atoms with E-state index in [0.717, 1.165) is 36.4 Å². The molecule has 0 aliphatic carbocycles. The fourth-order valence-electron chi connectivity index (χ4n) is 1.90. The van der Waals surface area contributed by atoms with Crippen LogP contribution < -0.4 is 5.32 Å². The van der Waals surface area contributed by atoms with E-state index < -0.39 is 0 Å². The number of rotatable bonds is 7. The van der Waals surface area contributed by atoms with E-state index >= 15 is 0 Å². The molecule has 106 valence electrons. The van der Waals surface area contributed by atoms with Crippen molar-refractivity contribution in [2.24, 2.45) is 0 Å². The average molecular weight is 273 g/mol. The van der Waals surface area contributed by atoms with Gasteiger partial charge in [0.1, 0.15) is 5.75 Å². The van der Waals surface area contributed by atoms with Crippen LogP contribution in [0.15, 0.2) is 36.8 Å². The van der Waals surface area contributed by atoms with Gasteiger partial charge in [-0.15, -0.1) is 0 Å². The third-order valence-electron chi connectivity index (χ3n) is 2.96. The predicted molar refractivity (Wildman–Crippen MR) is 77.3 cm³/mol. The Kier molecular flexibility index (Phi) is 5.46. The van der Waals surface area contributed by atoms with Crippen molar-refractivity contribution in [3.05, 3.63) is 42.4 Å². The lowest BCUT2D eigenvalue weighted by Gasteiger charge is -2.09. The zero-order valence-electron chi connectivity index (χ0n) is 11.5. The second-order valence-corrected chi connectivity index (χ2v) is 4.46. The summed E-state index contributed by atoms with van der Waals surface area (Å²) >= 11 is 0. The quantitative estimate of drug-likeness (QED) is 0.755. The van der Waals surface area contributed by atoms with Crippen molar-refractivity contribution >= 4 is 0 Å². The molecule has 5 heteroatoms. The molecule has 2 N–H and O–H groups in total. The van der Waals surface area contributed by atoms with E-state index in [1.165, 1.54) is 0 Å². The first-order valence-corrected chi connectivity index (χ1v) is 6.59. The van der Waals surface area contributed by atoms with Gasteiger partial charge < -0.3 is 15.2 Å². The van der Waals surface area contributed by atoms with E-state index in [1.807, 2.05) is 12.1 Å². The molecule has 20 heavy (non-hydrogen) atoms. The average Bonchev–Trinajstić information content (AvgIpc) is 2.49. The van der Waals surface area contributed by atoms with Crippen molar-refractivity contribution in [2.45, 2.75) is 13.0 Å². The maximum Gasteiger partial charge on any atom is 0.120 e. The van der Waals surface area contributed by atoms with Crippen LogP contribution in [-0.4, -0.2) is 35.3 Å². The lowest BCUT2D eigenvalue weighted by molar-refractivity contribution is 0.194. The zero-order chi connectivity index (χ0) is 14.2. The number of hydrogen-bond donors (Lipinski definition) is 2. The smallest absolute Gasteiger partial charge is 0.120 e. The molecule has 1 heterocycles. The molecule has 0 unspecified atom stereocenters. The summed E-state index contributed by atoms with van der Waals surface area (Å²) in [5.74, 6) is 0.289. The van der Waals surface area contributed by atoms with Gasteiger partial charge in [-0.2, -0.15) is 0 Å². The van der Waals surface area contributed by atoms with Gasteiger partial charge in [-0.1, -0.05) is 0 Å². The van der Waals surface area contributed by atoms with Gasteiger partial charge in [-0.3, -0.25) is 9.97 Å². The minimum atomic E-state index is 0.289. The lowest BCUT2D eigenvalue weighted by Crippen LogP contribution is -2.16. The highest BCUT2D eigenvalue weighted by atomic mass is 16.5. The van der Waals surface area contributed by atoms with Crippen molar-refractivity contribution in [1.29, 1.82) is 0 Å². The predicted octanol–water partition coefficient (Wildman–Crippen LogP) is 1.98. The monoisotopic (exact) mass is 273 g/mol. The van der Waals surface area contributed by atoms with Crippen LogP contribution in [0.3, 0.4) is 0 Å². The Labute approximate surface area is 118 Å². The summed E-state index contributed by atoms with van der Waals surface area (Å²) in [6.45, 7) is 2.20. The number of aromatic nitrogens is 2.